The maximum atomic E-state index is 13.1. The third kappa shape index (κ3) is 2.27. The largest absolute Gasteiger partial charge is 0.497 e. The number of hydrogen-bond donors (Lipinski definition) is 1. The Balaban J connectivity index is 1.34. The summed E-state index contributed by atoms with van der Waals surface area (Å²) >= 11 is 0. The molecule has 6 aliphatic rings. The number of methoxy groups -OCH3 is 1. The molecule has 5 nitrogen and oxygen atoms in total. The summed E-state index contributed by atoms with van der Waals surface area (Å²) in [6, 6.07) is 11.3. The van der Waals surface area contributed by atoms with Crippen molar-refractivity contribution in [2.75, 3.05) is 20.2 Å². The second kappa shape index (κ2) is 6.68. The molecule has 2 bridgehead atoms. The van der Waals surface area contributed by atoms with Crippen molar-refractivity contribution in [2.45, 2.75) is 81.1 Å². The van der Waals surface area contributed by atoms with E-state index >= 15 is 0 Å². The average molecular weight is 483 g/mol. The number of fused-ring (bicyclic) bond motifs is 4. The van der Waals surface area contributed by atoms with E-state index in [1.807, 2.05) is 0 Å². The molecule has 1 saturated carbocycles. The van der Waals surface area contributed by atoms with Gasteiger partial charge in [0.2, 0.25) is 0 Å². The van der Waals surface area contributed by atoms with E-state index in [9.17, 15) is 5.11 Å². The number of aryl methyl sites for hydroxylation is 2. The van der Waals surface area contributed by atoms with E-state index in [2.05, 4.69) is 39.8 Å². The average Bonchev–Trinajstić information content (AvgIpc) is 3.60. The molecule has 1 N–H and O–H groups in total. The predicted molar refractivity (Wildman–Crippen MR) is 138 cm³/mol. The molecule has 0 unspecified atom stereocenters. The molecule has 4 heterocycles. The van der Waals surface area contributed by atoms with Gasteiger partial charge in [-0.05, 0) is 80.2 Å². The van der Waals surface area contributed by atoms with Gasteiger partial charge in [0.05, 0.1) is 29.3 Å². The minimum Gasteiger partial charge on any atom is -0.497 e. The van der Waals surface area contributed by atoms with E-state index < -0.39 is 5.60 Å². The van der Waals surface area contributed by atoms with Gasteiger partial charge in [-0.3, -0.25) is 4.90 Å². The Morgan fingerprint density at radius 3 is 2.92 bits per heavy atom. The first-order valence-corrected chi connectivity index (χ1v) is 14.1. The van der Waals surface area contributed by atoms with Gasteiger partial charge in [0.1, 0.15) is 11.5 Å². The maximum absolute atomic E-state index is 13.1. The summed E-state index contributed by atoms with van der Waals surface area (Å²) < 4.78 is 15.4. The molecule has 3 aliphatic heterocycles. The smallest absolute Gasteiger partial charge is 0.151 e. The van der Waals surface area contributed by atoms with E-state index in [1.54, 1.807) is 7.11 Å². The van der Waals surface area contributed by atoms with E-state index in [4.69, 9.17) is 9.47 Å². The molecule has 3 aliphatic carbocycles. The van der Waals surface area contributed by atoms with E-state index in [-0.39, 0.29) is 17.6 Å². The first kappa shape index (κ1) is 20.5. The van der Waals surface area contributed by atoms with Gasteiger partial charge in [0.25, 0.3) is 0 Å². The van der Waals surface area contributed by atoms with Crippen molar-refractivity contribution in [3.05, 3.63) is 58.3 Å². The minimum atomic E-state index is -0.829. The zero-order valence-electron chi connectivity index (χ0n) is 21.1. The van der Waals surface area contributed by atoms with Crippen molar-refractivity contribution in [3.63, 3.8) is 0 Å². The zero-order chi connectivity index (χ0) is 23.8. The second-order valence-corrected chi connectivity index (χ2v) is 12.4. The van der Waals surface area contributed by atoms with Crippen molar-refractivity contribution in [2.24, 2.45) is 5.92 Å². The molecule has 2 aromatic carbocycles. The topological polar surface area (TPSA) is 46.9 Å². The molecule has 3 aromatic rings. The third-order valence-electron chi connectivity index (χ3n) is 10.8. The highest BCUT2D eigenvalue weighted by Crippen LogP contribution is 2.68. The number of ether oxygens (including phenoxy) is 2. The molecule has 5 heteroatoms. The van der Waals surface area contributed by atoms with Gasteiger partial charge in [-0.2, -0.15) is 0 Å². The lowest BCUT2D eigenvalue weighted by Gasteiger charge is -2.63. The molecule has 1 aromatic heterocycles. The quantitative estimate of drug-likeness (QED) is 0.589. The SMILES string of the molecule is COc1cc2c3c(c1)O[C@H]1c4c(c5cccc6c5n4CCCC6)C[C@@]4(O)[C@@H](C2)N(CC2CC2)CC[C@]314. The fourth-order valence-electron chi connectivity index (χ4n) is 9.14. The Labute approximate surface area is 212 Å². The first-order chi connectivity index (χ1) is 17.6. The zero-order valence-corrected chi connectivity index (χ0v) is 21.1. The van der Waals surface area contributed by atoms with E-state index in [0.717, 1.165) is 62.7 Å². The van der Waals surface area contributed by atoms with Crippen LogP contribution in [-0.4, -0.2) is 46.4 Å². The van der Waals surface area contributed by atoms with Crippen LogP contribution in [0.15, 0.2) is 30.3 Å². The Kier molecular flexibility index (Phi) is 3.81. The number of aliphatic hydroxyl groups is 1. The fraction of sp³-hybridized carbons (Fsp3) is 0.548. The number of para-hydroxylation sites is 1. The normalized spacial score (nSPS) is 33.6. The van der Waals surface area contributed by atoms with Crippen molar-refractivity contribution in [1.82, 2.24) is 9.47 Å². The van der Waals surface area contributed by atoms with Crippen LogP contribution in [0.4, 0.5) is 0 Å². The van der Waals surface area contributed by atoms with Crippen LogP contribution in [0.5, 0.6) is 11.5 Å². The van der Waals surface area contributed by atoms with E-state index in [1.165, 1.54) is 64.5 Å². The Morgan fingerprint density at radius 1 is 1.14 bits per heavy atom. The van der Waals surface area contributed by atoms with Crippen molar-refractivity contribution in [3.8, 4) is 11.5 Å². The monoisotopic (exact) mass is 482 g/mol. The summed E-state index contributed by atoms with van der Waals surface area (Å²) in [5.74, 6) is 2.63. The highest BCUT2D eigenvalue weighted by molar-refractivity contribution is 5.90. The fourth-order valence-corrected chi connectivity index (χ4v) is 9.14. The van der Waals surface area contributed by atoms with Gasteiger partial charge in [0, 0.05) is 42.6 Å². The second-order valence-electron chi connectivity index (χ2n) is 12.4. The molecular formula is C31H34N2O3. The summed E-state index contributed by atoms with van der Waals surface area (Å²) in [6.07, 6.45) is 8.66. The summed E-state index contributed by atoms with van der Waals surface area (Å²) in [6.45, 7) is 3.22. The van der Waals surface area contributed by atoms with Crippen molar-refractivity contribution in [1.29, 1.82) is 0 Å². The van der Waals surface area contributed by atoms with Crippen LogP contribution in [0.3, 0.4) is 0 Å². The van der Waals surface area contributed by atoms with Crippen LogP contribution < -0.4 is 9.47 Å². The number of hydrogen-bond acceptors (Lipinski definition) is 4. The van der Waals surface area contributed by atoms with Crippen molar-refractivity contribution >= 4 is 10.9 Å². The standard InChI is InChI=1S/C31H34N2O3/c1-35-21-13-20-14-25-31(34)16-23-22-7-4-6-19-5-2-3-11-33(27(19)22)28(23)29-30(31,26(20)24(15-21)36-29)10-12-32(25)17-18-8-9-18/h4,6-7,13,15,18,25,29,34H,2-3,5,8-12,14,16-17H2,1H3/t25-,29+,30+,31-/m1/s1. The van der Waals surface area contributed by atoms with Crippen LogP contribution >= 0.6 is 0 Å². The first-order valence-electron chi connectivity index (χ1n) is 14.1. The third-order valence-corrected chi connectivity index (χ3v) is 10.8. The molecule has 2 fully saturated rings. The van der Waals surface area contributed by atoms with Gasteiger partial charge in [-0.25, -0.2) is 0 Å². The molecule has 186 valence electrons. The molecule has 9 rings (SSSR count). The molecule has 0 amide bonds. The molecule has 0 radical (unpaired) electrons. The van der Waals surface area contributed by atoms with Crippen molar-refractivity contribution < 1.29 is 14.6 Å². The summed E-state index contributed by atoms with van der Waals surface area (Å²) in [4.78, 5) is 2.65. The van der Waals surface area contributed by atoms with Crippen LogP contribution in [0.2, 0.25) is 0 Å². The van der Waals surface area contributed by atoms with Gasteiger partial charge in [-0.1, -0.05) is 18.2 Å². The van der Waals surface area contributed by atoms with Crippen LogP contribution in [0, 0.1) is 5.92 Å². The lowest BCUT2D eigenvalue weighted by Crippen LogP contribution is -2.74. The van der Waals surface area contributed by atoms with Gasteiger partial charge < -0.3 is 19.1 Å². The molecule has 4 atom stereocenters. The number of likely N-dealkylation sites (tertiary alicyclic amines) is 1. The Bertz CT molecular complexity index is 1450. The summed E-state index contributed by atoms with van der Waals surface area (Å²) in [5.41, 5.74) is 6.96. The Morgan fingerprint density at radius 2 is 2.06 bits per heavy atom. The summed E-state index contributed by atoms with van der Waals surface area (Å²) in [7, 11) is 1.75. The van der Waals surface area contributed by atoms with Gasteiger partial charge >= 0.3 is 0 Å². The van der Waals surface area contributed by atoms with Gasteiger partial charge in [0.15, 0.2) is 6.10 Å². The highest BCUT2D eigenvalue weighted by Gasteiger charge is 2.72. The number of nitrogens with zero attached hydrogens (tertiary/aromatic N) is 2. The molecule has 1 spiro atoms. The minimum absolute atomic E-state index is 0.117. The Hall–Kier alpha value is -2.50. The highest BCUT2D eigenvalue weighted by atomic mass is 16.5. The number of benzene rings is 2. The van der Waals surface area contributed by atoms with Crippen LogP contribution in [-0.2, 0) is 31.2 Å². The lowest BCUT2D eigenvalue weighted by atomic mass is 9.49. The number of aromatic nitrogens is 1. The van der Waals surface area contributed by atoms with Crippen LogP contribution in [0.25, 0.3) is 10.9 Å². The maximum Gasteiger partial charge on any atom is 0.151 e. The predicted octanol–water partition coefficient (Wildman–Crippen LogP) is 4.69. The molecular weight excluding hydrogens is 448 g/mol. The van der Waals surface area contributed by atoms with Gasteiger partial charge in [-0.15, -0.1) is 0 Å². The molecule has 36 heavy (non-hydrogen) atoms. The number of piperidine rings is 1. The van der Waals surface area contributed by atoms with E-state index in [0.29, 0.717) is 0 Å². The lowest BCUT2D eigenvalue weighted by molar-refractivity contribution is -0.173. The van der Waals surface area contributed by atoms with Crippen LogP contribution in [0.1, 0.15) is 66.2 Å². The molecule has 1 saturated heterocycles. The number of rotatable bonds is 3. The summed E-state index contributed by atoms with van der Waals surface area (Å²) in [5, 5.41) is 14.5.